The SMILES string of the molecule is Cc1nc2c(c(=O)[nH]1)C[C@H]1CC[C@@H](C2)N1C(=O)Cn1cnnn1. The molecule has 1 N–H and O–H groups in total. The van der Waals surface area contributed by atoms with Crippen molar-refractivity contribution in [3.63, 3.8) is 0 Å². The van der Waals surface area contributed by atoms with E-state index in [1.165, 1.54) is 11.0 Å². The minimum absolute atomic E-state index is 0.00856. The first-order valence-electron chi connectivity index (χ1n) is 7.72. The van der Waals surface area contributed by atoms with E-state index >= 15 is 0 Å². The highest BCUT2D eigenvalue weighted by atomic mass is 16.2. The molecule has 1 fully saturated rings. The maximum Gasteiger partial charge on any atom is 0.254 e. The van der Waals surface area contributed by atoms with Crippen LogP contribution < -0.4 is 5.56 Å². The zero-order chi connectivity index (χ0) is 16.0. The maximum atomic E-state index is 12.7. The van der Waals surface area contributed by atoms with Crippen LogP contribution in [0.1, 0.15) is 29.9 Å². The second-order valence-corrected chi connectivity index (χ2v) is 6.18. The Kier molecular flexibility index (Phi) is 3.21. The molecule has 9 heteroatoms. The number of aromatic nitrogens is 6. The van der Waals surface area contributed by atoms with Gasteiger partial charge in [-0.2, -0.15) is 0 Å². The Morgan fingerprint density at radius 2 is 2.13 bits per heavy atom. The van der Waals surface area contributed by atoms with Crippen molar-refractivity contribution in [1.82, 2.24) is 35.1 Å². The van der Waals surface area contributed by atoms with Crippen LogP contribution in [0.15, 0.2) is 11.1 Å². The summed E-state index contributed by atoms with van der Waals surface area (Å²) in [6.07, 6.45) is 4.49. The van der Waals surface area contributed by atoms with Crippen LogP contribution in [0.5, 0.6) is 0 Å². The average Bonchev–Trinajstić information content (AvgIpc) is 3.07. The fourth-order valence-electron chi connectivity index (χ4n) is 3.75. The van der Waals surface area contributed by atoms with Crippen molar-refractivity contribution in [2.24, 2.45) is 0 Å². The number of rotatable bonds is 2. The lowest BCUT2D eigenvalue weighted by Gasteiger charge is -2.27. The lowest BCUT2D eigenvalue weighted by atomic mass is 9.98. The highest BCUT2D eigenvalue weighted by Gasteiger charge is 2.40. The Morgan fingerprint density at radius 3 is 2.87 bits per heavy atom. The molecule has 0 radical (unpaired) electrons. The van der Waals surface area contributed by atoms with Crippen molar-refractivity contribution in [3.8, 4) is 0 Å². The third-order valence-corrected chi connectivity index (χ3v) is 4.68. The lowest BCUT2D eigenvalue weighted by Crippen LogP contribution is -2.43. The van der Waals surface area contributed by atoms with Crippen LogP contribution in [0.25, 0.3) is 0 Å². The summed E-state index contributed by atoms with van der Waals surface area (Å²) in [5.41, 5.74) is 1.48. The zero-order valence-corrected chi connectivity index (χ0v) is 12.8. The third-order valence-electron chi connectivity index (χ3n) is 4.68. The summed E-state index contributed by atoms with van der Waals surface area (Å²) in [5, 5.41) is 10.9. The lowest BCUT2D eigenvalue weighted by molar-refractivity contribution is -0.134. The average molecular weight is 315 g/mol. The molecular formula is C14H17N7O2. The Balaban J connectivity index is 1.64. The minimum Gasteiger partial charge on any atom is -0.334 e. The van der Waals surface area contributed by atoms with E-state index in [0.29, 0.717) is 18.7 Å². The largest absolute Gasteiger partial charge is 0.334 e. The van der Waals surface area contributed by atoms with Gasteiger partial charge in [0.1, 0.15) is 18.7 Å². The van der Waals surface area contributed by atoms with Crippen molar-refractivity contribution in [2.75, 3.05) is 0 Å². The van der Waals surface area contributed by atoms with Crippen LogP contribution in [0.4, 0.5) is 0 Å². The molecule has 2 aromatic heterocycles. The first kappa shape index (κ1) is 14.0. The molecule has 120 valence electrons. The highest BCUT2D eigenvalue weighted by Crippen LogP contribution is 2.32. The van der Waals surface area contributed by atoms with Crippen LogP contribution in [-0.4, -0.2) is 53.1 Å². The summed E-state index contributed by atoms with van der Waals surface area (Å²) in [6.45, 7) is 1.91. The number of amides is 1. The van der Waals surface area contributed by atoms with Gasteiger partial charge in [-0.1, -0.05) is 0 Å². The fraction of sp³-hybridized carbons (Fsp3) is 0.571. The Hall–Kier alpha value is -2.58. The number of hydrogen-bond donors (Lipinski definition) is 1. The summed E-state index contributed by atoms with van der Waals surface area (Å²) in [7, 11) is 0. The smallest absolute Gasteiger partial charge is 0.254 e. The van der Waals surface area contributed by atoms with E-state index in [-0.39, 0.29) is 30.1 Å². The molecule has 23 heavy (non-hydrogen) atoms. The second kappa shape index (κ2) is 5.25. The van der Waals surface area contributed by atoms with Gasteiger partial charge < -0.3 is 9.88 Å². The first-order valence-corrected chi connectivity index (χ1v) is 7.72. The van der Waals surface area contributed by atoms with E-state index in [0.717, 1.165) is 24.1 Å². The predicted octanol–water partition coefficient (Wildman–Crippen LogP) is -0.777. The molecule has 0 unspecified atom stereocenters. The first-order chi connectivity index (χ1) is 11.1. The van der Waals surface area contributed by atoms with Crippen molar-refractivity contribution < 1.29 is 4.79 Å². The monoisotopic (exact) mass is 315 g/mol. The molecule has 2 bridgehead atoms. The van der Waals surface area contributed by atoms with E-state index in [2.05, 4.69) is 25.5 Å². The molecule has 0 saturated carbocycles. The van der Waals surface area contributed by atoms with Gasteiger partial charge in [-0.25, -0.2) is 9.67 Å². The van der Waals surface area contributed by atoms with Gasteiger partial charge in [-0.05, 0) is 30.2 Å². The van der Waals surface area contributed by atoms with E-state index in [4.69, 9.17) is 0 Å². The van der Waals surface area contributed by atoms with Crippen LogP contribution in [0.3, 0.4) is 0 Å². The van der Waals surface area contributed by atoms with Crippen LogP contribution in [0, 0.1) is 6.92 Å². The number of nitrogens with zero attached hydrogens (tertiary/aromatic N) is 6. The van der Waals surface area contributed by atoms with Gasteiger partial charge in [0.05, 0.1) is 5.69 Å². The number of carbonyl (C=O) groups is 1. The van der Waals surface area contributed by atoms with Crippen LogP contribution in [0.2, 0.25) is 0 Å². The number of fused-ring (bicyclic) bond motifs is 3. The molecule has 2 aliphatic heterocycles. The van der Waals surface area contributed by atoms with Gasteiger partial charge in [0.2, 0.25) is 5.91 Å². The quantitative estimate of drug-likeness (QED) is 0.779. The number of hydrogen-bond acceptors (Lipinski definition) is 6. The van der Waals surface area contributed by atoms with Crippen molar-refractivity contribution in [2.45, 2.75) is 51.2 Å². The van der Waals surface area contributed by atoms with Gasteiger partial charge in [-0.15, -0.1) is 5.10 Å². The minimum atomic E-state index is -0.0760. The van der Waals surface area contributed by atoms with E-state index < -0.39 is 0 Å². The van der Waals surface area contributed by atoms with E-state index in [1.54, 1.807) is 6.92 Å². The Bertz CT molecular complexity index is 798. The Morgan fingerprint density at radius 1 is 1.35 bits per heavy atom. The zero-order valence-electron chi connectivity index (χ0n) is 12.8. The summed E-state index contributed by atoms with van der Waals surface area (Å²) >= 11 is 0. The molecule has 4 rings (SSSR count). The summed E-state index contributed by atoms with van der Waals surface area (Å²) in [4.78, 5) is 34.1. The standard InChI is InChI=1S/C14H17N7O2/c1-8-16-12-5-10-3-2-9(4-11(12)14(23)17-8)21(10)13(22)6-20-7-15-18-19-20/h7,9-10H,2-6H2,1H3,(H,16,17,23)/t9-,10+/m1/s1. The molecule has 1 amide bonds. The van der Waals surface area contributed by atoms with Gasteiger partial charge in [-0.3, -0.25) is 9.59 Å². The Labute approximate surface area is 131 Å². The van der Waals surface area contributed by atoms with Crippen molar-refractivity contribution in [1.29, 1.82) is 0 Å². The van der Waals surface area contributed by atoms with Gasteiger partial charge in [0.25, 0.3) is 5.56 Å². The van der Waals surface area contributed by atoms with Gasteiger partial charge >= 0.3 is 0 Å². The topological polar surface area (TPSA) is 110 Å². The van der Waals surface area contributed by atoms with E-state index in [1.807, 2.05) is 4.90 Å². The molecular weight excluding hydrogens is 298 g/mol. The fourth-order valence-corrected chi connectivity index (χ4v) is 3.75. The molecule has 4 heterocycles. The maximum absolute atomic E-state index is 12.7. The molecule has 2 atom stereocenters. The molecule has 0 aromatic carbocycles. The van der Waals surface area contributed by atoms with Crippen LogP contribution >= 0.6 is 0 Å². The molecule has 2 aliphatic rings. The summed E-state index contributed by atoms with van der Waals surface area (Å²) in [5.74, 6) is 0.615. The molecule has 0 spiro atoms. The van der Waals surface area contributed by atoms with Gasteiger partial charge in [0.15, 0.2) is 0 Å². The number of carbonyl (C=O) groups excluding carboxylic acids is 1. The number of aromatic amines is 1. The molecule has 1 saturated heterocycles. The number of aryl methyl sites for hydroxylation is 1. The molecule has 2 aromatic rings. The predicted molar refractivity (Wildman–Crippen MR) is 78.5 cm³/mol. The third kappa shape index (κ3) is 2.41. The number of H-pyrrole nitrogens is 1. The van der Waals surface area contributed by atoms with E-state index in [9.17, 15) is 9.59 Å². The molecule has 0 aliphatic carbocycles. The molecule has 9 nitrogen and oxygen atoms in total. The van der Waals surface area contributed by atoms with Crippen molar-refractivity contribution >= 4 is 5.91 Å². The second-order valence-electron chi connectivity index (χ2n) is 6.18. The summed E-state index contributed by atoms with van der Waals surface area (Å²) < 4.78 is 1.43. The van der Waals surface area contributed by atoms with Gasteiger partial charge in [0, 0.05) is 30.5 Å². The normalized spacial score (nSPS) is 22.7. The van der Waals surface area contributed by atoms with Crippen LogP contribution in [-0.2, 0) is 24.2 Å². The highest BCUT2D eigenvalue weighted by molar-refractivity contribution is 5.77. The summed E-state index contributed by atoms with van der Waals surface area (Å²) in [6, 6.07) is 0.148. The number of nitrogens with one attached hydrogen (secondary N) is 1. The number of tetrazole rings is 1. The van der Waals surface area contributed by atoms with Crippen molar-refractivity contribution in [3.05, 3.63) is 33.8 Å².